The number of ether oxygens (including phenoxy) is 1. The minimum absolute atomic E-state index is 0.164. The van der Waals surface area contributed by atoms with Crippen molar-refractivity contribution in [3.63, 3.8) is 0 Å². The molecule has 0 spiro atoms. The summed E-state index contributed by atoms with van der Waals surface area (Å²) in [4.78, 5) is 4.52. The lowest BCUT2D eigenvalue weighted by molar-refractivity contribution is 0.372. The first-order valence-electron chi connectivity index (χ1n) is 13.5. The van der Waals surface area contributed by atoms with Crippen molar-refractivity contribution in [1.29, 1.82) is 0 Å². The van der Waals surface area contributed by atoms with Crippen molar-refractivity contribution in [1.82, 2.24) is 10.3 Å². The average molecular weight is 542 g/mol. The number of hydrogen-bond donors (Lipinski definition) is 1. The molecule has 1 aromatic heterocycles. The molecule has 0 bridgehead atoms. The highest BCUT2D eigenvalue weighted by Crippen LogP contribution is 2.27. The number of pyridine rings is 1. The van der Waals surface area contributed by atoms with Gasteiger partial charge in [-0.1, -0.05) is 73.9 Å². The summed E-state index contributed by atoms with van der Waals surface area (Å²) in [5, 5.41) is 3.70. The molecule has 0 atom stereocenters. The summed E-state index contributed by atoms with van der Waals surface area (Å²) < 4.78 is 33.8. The van der Waals surface area contributed by atoms with Crippen LogP contribution >= 0.6 is 0 Å². The molecule has 1 aliphatic carbocycles. The van der Waals surface area contributed by atoms with Crippen LogP contribution in [0.15, 0.2) is 102 Å². The SMILES string of the molecule is COc1ccc(S(=O)(=O)N(Cc2ccc(-c3ccc(CNC4CCCCC4)cc3)cc2)c2ccccn2)cc1. The molecule has 0 saturated heterocycles. The van der Waals surface area contributed by atoms with E-state index >= 15 is 0 Å². The summed E-state index contributed by atoms with van der Waals surface area (Å²) in [7, 11) is -2.30. The Morgan fingerprint density at radius 1 is 0.821 bits per heavy atom. The highest BCUT2D eigenvalue weighted by molar-refractivity contribution is 7.92. The molecule has 3 aromatic carbocycles. The number of sulfonamides is 1. The van der Waals surface area contributed by atoms with Crippen LogP contribution in [0.5, 0.6) is 5.75 Å². The Kier molecular flexibility index (Phi) is 8.59. The maximum absolute atomic E-state index is 13.7. The maximum Gasteiger partial charge on any atom is 0.265 e. The quantitative estimate of drug-likeness (QED) is 0.246. The van der Waals surface area contributed by atoms with E-state index in [-0.39, 0.29) is 11.4 Å². The zero-order chi connectivity index (χ0) is 27.1. The van der Waals surface area contributed by atoms with E-state index in [9.17, 15) is 8.42 Å². The van der Waals surface area contributed by atoms with Gasteiger partial charge in [-0.3, -0.25) is 0 Å². The Morgan fingerprint density at radius 3 is 2.05 bits per heavy atom. The minimum Gasteiger partial charge on any atom is -0.497 e. The van der Waals surface area contributed by atoms with Gasteiger partial charge in [0.1, 0.15) is 11.6 Å². The smallest absolute Gasteiger partial charge is 0.265 e. The molecule has 39 heavy (non-hydrogen) atoms. The fourth-order valence-corrected chi connectivity index (χ4v) is 6.43. The number of aromatic nitrogens is 1. The molecule has 1 aliphatic rings. The van der Waals surface area contributed by atoms with Gasteiger partial charge in [0.25, 0.3) is 10.0 Å². The van der Waals surface area contributed by atoms with Gasteiger partial charge < -0.3 is 10.1 Å². The van der Waals surface area contributed by atoms with Gasteiger partial charge in [-0.05, 0) is 71.5 Å². The summed E-state index contributed by atoms with van der Waals surface area (Å²) in [5.74, 6) is 0.970. The highest BCUT2D eigenvalue weighted by Gasteiger charge is 2.26. The third-order valence-electron chi connectivity index (χ3n) is 7.32. The van der Waals surface area contributed by atoms with E-state index in [2.05, 4.69) is 34.6 Å². The largest absolute Gasteiger partial charge is 0.497 e. The summed E-state index contributed by atoms with van der Waals surface area (Å²) in [6.07, 6.45) is 8.20. The monoisotopic (exact) mass is 541 g/mol. The number of anilines is 1. The number of nitrogens with one attached hydrogen (secondary N) is 1. The fraction of sp³-hybridized carbons (Fsp3) is 0.281. The summed E-state index contributed by atoms with van der Waals surface area (Å²) in [5.41, 5.74) is 4.38. The molecular formula is C32H35N3O3S. The van der Waals surface area contributed by atoms with Gasteiger partial charge in [-0.15, -0.1) is 0 Å². The number of rotatable bonds is 10. The number of nitrogens with zero attached hydrogens (tertiary/aromatic N) is 2. The molecule has 0 radical (unpaired) electrons. The molecule has 0 unspecified atom stereocenters. The van der Waals surface area contributed by atoms with Gasteiger partial charge in [-0.25, -0.2) is 17.7 Å². The van der Waals surface area contributed by atoms with E-state index in [1.54, 1.807) is 55.8 Å². The van der Waals surface area contributed by atoms with Crippen molar-refractivity contribution in [2.45, 2.75) is 56.1 Å². The normalized spacial score (nSPS) is 14.2. The van der Waals surface area contributed by atoms with Crippen molar-refractivity contribution in [3.05, 3.63) is 108 Å². The predicted octanol–water partition coefficient (Wildman–Crippen LogP) is 6.58. The summed E-state index contributed by atoms with van der Waals surface area (Å²) in [6, 6.07) is 29.0. The average Bonchev–Trinajstić information content (AvgIpc) is 3.00. The van der Waals surface area contributed by atoms with Crippen molar-refractivity contribution in [2.75, 3.05) is 11.4 Å². The number of methoxy groups -OCH3 is 1. The molecule has 0 aliphatic heterocycles. The number of hydrogen-bond acceptors (Lipinski definition) is 5. The summed E-state index contributed by atoms with van der Waals surface area (Å²) >= 11 is 0. The molecule has 1 heterocycles. The Morgan fingerprint density at radius 2 is 1.46 bits per heavy atom. The van der Waals surface area contributed by atoms with Crippen LogP contribution in [0.4, 0.5) is 5.82 Å². The Hall–Kier alpha value is -3.68. The molecule has 1 saturated carbocycles. The predicted molar refractivity (Wildman–Crippen MR) is 156 cm³/mol. The van der Waals surface area contributed by atoms with Crippen LogP contribution in [-0.4, -0.2) is 26.6 Å². The molecule has 4 aromatic rings. The Balaban J connectivity index is 1.30. The highest BCUT2D eigenvalue weighted by atomic mass is 32.2. The van der Waals surface area contributed by atoms with Gasteiger partial charge in [0, 0.05) is 18.8 Å². The van der Waals surface area contributed by atoms with E-state index in [0.717, 1.165) is 23.2 Å². The van der Waals surface area contributed by atoms with Crippen LogP contribution in [0.2, 0.25) is 0 Å². The second-order valence-corrected chi connectivity index (χ2v) is 11.8. The summed E-state index contributed by atoms with van der Waals surface area (Å²) in [6.45, 7) is 1.06. The fourth-order valence-electron chi connectivity index (χ4n) is 5.02. The molecule has 5 rings (SSSR count). The van der Waals surface area contributed by atoms with E-state index in [1.807, 2.05) is 24.3 Å². The van der Waals surface area contributed by atoms with Crippen LogP contribution in [0.3, 0.4) is 0 Å². The zero-order valence-corrected chi connectivity index (χ0v) is 23.1. The van der Waals surface area contributed by atoms with Crippen LogP contribution < -0.4 is 14.4 Å². The van der Waals surface area contributed by atoms with Gasteiger partial charge in [0.2, 0.25) is 0 Å². The second kappa shape index (κ2) is 12.5. The van der Waals surface area contributed by atoms with Gasteiger partial charge in [0.05, 0.1) is 18.6 Å². The maximum atomic E-state index is 13.7. The van der Waals surface area contributed by atoms with E-state index in [1.165, 1.54) is 42.0 Å². The molecule has 7 heteroatoms. The van der Waals surface area contributed by atoms with Crippen LogP contribution in [0.25, 0.3) is 11.1 Å². The third kappa shape index (κ3) is 6.67. The second-order valence-electron chi connectivity index (χ2n) is 9.98. The van der Waals surface area contributed by atoms with Crippen molar-refractivity contribution >= 4 is 15.8 Å². The lowest BCUT2D eigenvalue weighted by atomic mass is 9.95. The lowest BCUT2D eigenvalue weighted by Crippen LogP contribution is -2.31. The molecule has 202 valence electrons. The van der Waals surface area contributed by atoms with E-state index in [0.29, 0.717) is 17.6 Å². The number of benzene rings is 3. The van der Waals surface area contributed by atoms with Crippen molar-refractivity contribution in [3.8, 4) is 16.9 Å². The van der Waals surface area contributed by atoms with E-state index < -0.39 is 10.0 Å². The van der Waals surface area contributed by atoms with Gasteiger partial charge in [-0.2, -0.15) is 0 Å². The molecule has 6 nitrogen and oxygen atoms in total. The molecular weight excluding hydrogens is 506 g/mol. The topological polar surface area (TPSA) is 71.5 Å². The van der Waals surface area contributed by atoms with Gasteiger partial charge >= 0.3 is 0 Å². The van der Waals surface area contributed by atoms with Crippen LogP contribution in [0.1, 0.15) is 43.2 Å². The third-order valence-corrected chi connectivity index (χ3v) is 9.08. The molecule has 1 N–H and O–H groups in total. The lowest BCUT2D eigenvalue weighted by Gasteiger charge is -2.24. The van der Waals surface area contributed by atoms with Crippen LogP contribution in [0, 0.1) is 0 Å². The Bertz CT molecular complexity index is 1430. The zero-order valence-electron chi connectivity index (χ0n) is 22.3. The molecule has 1 fully saturated rings. The first-order chi connectivity index (χ1) is 19.0. The first kappa shape index (κ1) is 26.9. The van der Waals surface area contributed by atoms with E-state index in [4.69, 9.17) is 4.74 Å². The van der Waals surface area contributed by atoms with Crippen molar-refractivity contribution in [2.24, 2.45) is 0 Å². The van der Waals surface area contributed by atoms with Crippen LogP contribution in [-0.2, 0) is 23.1 Å². The first-order valence-corrected chi connectivity index (χ1v) is 15.0. The minimum atomic E-state index is -3.85. The van der Waals surface area contributed by atoms with Crippen molar-refractivity contribution < 1.29 is 13.2 Å². The van der Waals surface area contributed by atoms with Gasteiger partial charge in [0.15, 0.2) is 0 Å². The molecule has 0 amide bonds. The standard InChI is InChI=1S/C32H35N3O3S/c1-38-30-18-20-31(21-19-30)39(36,37)35(32-9-5-6-22-33-32)24-26-12-16-28(17-13-26)27-14-10-25(11-15-27)23-34-29-7-3-2-4-8-29/h5-6,9-22,29,34H,2-4,7-8,23-24H2,1H3. The Labute approximate surface area is 231 Å².